The molecule has 2 atom stereocenters. The molecule has 0 amide bonds. The van der Waals surface area contributed by atoms with Gasteiger partial charge in [-0.3, -0.25) is 18.6 Å². The first-order valence-electron chi connectivity index (χ1n) is 24.7. The van der Waals surface area contributed by atoms with Crippen molar-refractivity contribution in [2.45, 2.75) is 251 Å². The van der Waals surface area contributed by atoms with Gasteiger partial charge in [0.25, 0.3) is 0 Å². The SMILES string of the molecule is CCCCC/C=C\C/C=C\CCCCCCCCCC(=O)OC(COC(=O)CCCCCCCCCCCCC/C=C\CCCCCCCCCC)COP(=O)(O)OC. The molecule has 0 aliphatic rings. The van der Waals surface area contributed by atoms with Gasteiger partial charge < -0.3 is 14.4 Å². The summed E-state index contributed by atoms with van der Waals surface area (Å²) in [6.07, 6.45) is 54.9. The van der Waals surface area contributed by atoms with Gasteiger partial charge in [0.05, 0.1) is 6.61 Å². The molecule has 0 aromatic rings. The number of phosphoric acid groups is 1. The van der Waals surface area contributed by atoms with E-state index in [1.807, 2.05) is 0 Å². The van der Waals surface area contributed by atoms with E-state index in [2.05, 4.69) is 54.8 Å². The summed E-state index contributed by atoms with van der Waals surface area (Å²) in [5.74, 6) is -0.806. The van der Waals surface area contributed by atoms with Gasteiger partial charge in [-0.2, -0.15) is 0 Å². The van der Waals surface area contributed by atoms with Crippen LogP contribution in [0.2, 0.25) is 0 Å². The predicted octanol–water partition coefficient (Wildman–Crippen LogP) is 16.0. The molecule has 0 aromatic heterocycles. The molecule has 1 N–H and O–H groups in total. The summed E-state index contributed by atoms with van der Waals surface area (Å²) in [6, 6.07) is 0. The Morgan fingerprint density at radius 2 is 0.814 bits per heavy atom. The molecule has 0 heterocycles. The highest BCUT2D eigenvalue weighted by atomic mass is 31.2. The highest BCUT2D eigenvalue weighted by Crippen LogP contribution is 2.42. The fourth-order valence-corrected chi connectivity index (χ4v) is 7.50. The Morgan fingerprint density at radius 3 is 1.24 bits per heavy atom. The Morgan fingerprint density at radius 1 is 0.475 bits per heavy atom. The van der Waals surface area contributed by atoms with Gasteiger partial charge in [-0.25, -0.2) is 4.57 Å². The summed E-state index contributed by atoms with van der Waals surface area (Å²) < 4.78 is 32.1. The van der Waals surface area contributed by atoms with Crippen molar-refractivity contribution in [3.8, 4) is 0 Å². The van der Waals surface area contributed by atoms with Crippen LogP contribution in [0, 0.1) is 0 Å². The van der Waals surface area contributed by atoms with E-state index in [4.69, 9.17) is 14.0 Å². The number of phosphoric ester groups is 1. The van der Waals surface area contributed by atoms with Gasteiger partial charge >= 0.3 is 19.8 Å². The summed E-state index contributed by atoms with van der Waals surface area (Å²) >= 11 is 0. The molecule has 8 nitrogen and oxygen atoms in total. The monoisotopic (exact) mass is 853 g/mol. The highest BCUT2D eigenvalue weighted by Gasteiger charge is 2.24. The van der Waals surface area contributed by atoms with Crippen LogP contribution in [0.25, 0.3) is 0 Å². The van der Waals surface area contributed by atoms with Crippen LogP contribution in [-0.2, 0) is 32.7 Å². The standard InChI is InChI=1S/C50H93O8P/c1-4-6-8-10-12-14-16-18-20-22-23-24-25-26-27-29-30-32-34-36-38-40-42-44-49(51)56-46-48(47-57-59(53,54)55-3)58-50(52)45-43-41-39-37-35-33-31-28-21-19-17-15-13-11-9-7-5-2/h13,15,19,21-23,48H,4-12,14,16-18,20,24-47H2,1-3H3,(H,53,54)/b15-13-,21-19-,23-22-. The van der Waals surface area contributed by atoms with Crippen LogP contribution in [0.4, 0.5) is 0 Å². The molecule has 0 saturated carbocycles. The Hall–Kier alpha value is -1.73. The van der Waals surface area contributed by atoms with Gasteiger partial charge in [-0.15, -0.1) is 0 Å². The number of carbonyl (C=O) groups excluding carboxylic acids is 2. The largest absolute Gasteiger partial charge is 0.472 e. The molecule has 0 aliphatic carbocycles. The molecule has 2 unspecified atom stereocenters. The number of ether oxygens (including phenoxy) is 2. The quantitative estimate of drug-likeness (QED) is 0.0279. The highest BCUT2D eigenvalue weighted by molar-refractivity contribution is 7.47. The zero-order valence-corrected chi connectivity index (χ0v) is 39.6. The summed E-state index contributed by atoms with van der Waals surface area (Å²) in [5, 5.41) is 0. The molecule has 0 rings (SSSR count). The van der Waals surface area contributed by atoms with Gasteiger partial charge in [-0.05, 0) is 70.6 Å². The Kier molecular flexibility index (Phi) is 44.4. The molecule has 0 bridgehead atoms. The average Bonchev–Trinajstić information content (AvgIpc) is 3.23. The second kappa shape index (κ2) is 45.8. The maximum absolute atomic E-state index is 12.5. The van der Waals surface area contributed by atoms with Crippen molar-refractivity contribution in [3.63, 3.8) is 0 Å². The molecule has 346 valence electrons. The number of hydrogen-bond donors (Lipinski definition) is 1. The maximum atomic E-state index is 12.5. The van der Waals surface area contributed by atoms with E-state index in [9.17, 15) is 19.0 Å². The first kappa shape index (κ1) is 57.3. The number of hydrogen-bond acceptors (Lipinski definition) is 7. The van der Waals surface area contributed by atoms with Crippen LogP contribution in [0.5, 0.6) is 0 Å². The number of allylic oxidation sites excluding steroid dienone is 6. The van der Waals surface area contributed by atoms with Crippen LogP contribution in [0.15, 0.2) is 36.5 Å². The van der Waals surface area contributed by atoms with Crippen molar-refractivity contribution >= 4 is 19.8 Å². The van der Waals surface area contributed by atoms with Crippen LogP contribution < -0.4 is 0 Å². The lowest BCUT2D eigenvalue weighted by molar-refractivity contribution is -0.161. The summed E-state index contributed by atoms with van der Waals surface area (Å²) in [7, 11) is -3.20. The number of carbonyl (C=O) groups is 2. The summed E-state index contributed by atoms with van der Waals surface area (Å²) in [6.45, 7) is 3.88. The lowest BCUT2D eigenvalue weighted by Crippen LogP contribution is -2.29. The minimum atomic E-state index is -4.27. The second-order valence-corrected chi connectivity index (χ2v) is 18.2. The van der Waals surface area contributed by atoms with E-state index < -0.39 is 26.5 Å². The van der Waals surface area contributed by atoms with E-state index in [0.717, 1.165) is 58.5 Å². The summed E-state index contributed by atoms with van der Waals surface area (Å²) in [4.78, 5) is 34.6. The Bertz CT molecular complexity index is 1060. The average molecular weight is 853 g/mol. The van der Waals surface area contributed by atoms with Gasteiger partial charge in [0.15, 0.2) is 6.10 Å². The van der Waals surface area contributed by atoms with Crippen LogP contribution in [0.3, 0.4) is 0 Å². The van der Waals surface area contributed by atoms with Crippen molar-refractivity contribution in [2.75, 3.05) is 20.3 Å². The topological polar surface area (TPSA) is 108 Å². The van der Waals surface area contributed by atoms with Crippen molar-refractivity contribution in [1.29, 1.82) is 0 Å². The predicted molar refractivity (Wildman–Crippen MR) is 249 cm³/mol. The third-order valence-corrected chi connectivity index (χ3v) is 11.8. The van der Waals surface area contributed by atoms with Gasteiger partial charge in [0, 0.05) is 20.0 Å². The molecule has 0 radical (unpaired) electrons. The van der Waals surface area contributed by atoms with E-state index in [-0.39, 0.29) is 19.0 Å². The van der Waals surface area contributed by atoms with Crippen molar-refractivity contribution in [1.82, 2.24) is 0 Å². The zero-order chi connectivity index (χ0) is 43.2. The number of unbranched alkanes of at least 4 members (excludes halogenated alkanes) is 29. The molecule has 9 heteroatoms. The third kappa shape index (κ3) is 45.6. The van der Waals surface area contributed by atoms with Crippen LogP contribution in [0.1, 0.15) is 245 Å². The fourth-order valence-electron chi connectivity index (χ4n) is 7.04. The lowest BCUT2D eigenvalue weighted by atomic mass is 10.0. The first-order valence-corrected chi connectivity index (χ1v) is 26.2. The molecule has 0 aromatic carbocycles. The smallest absolute Gasteiger partial charge is 0.462 e. The minimum absolute atomic E-state index is 0.227. The molecule has 0 spiro atoms. The number of esters is 2. The lowest BCUT2D eigenvalue weighted by Gasteiger charge is -2.19. The fraction of sp³-hybridized carbons (Fsp3) is 0.840. The normalized spacial score (nSPS) is 13.5. The molecule has 0 saturated heterocycles. The van der Waals surface area contributed by atoms with E-state index in [1.54, 1.807) is 0 Å². The van der Waals surface area contributed by atoms with Crippen LogP contribution in [-0.4, -0.2) is 43.3 Å². The van der Waals surface area contributed by atoms with Crippen molar-refractivity contribution in [3.05, 3.63) is 36.5 Å². The molecular weight excluding hydrogens is 760 g/mol. The zero-order valence-electron chi connectivity index (χ0n) is 38.7. The third-order valence-electron chi connectivity index (χ3n) is 10.9. The minimum Gasteiger partial charge on any atom is -0.462 e. The van der Waals surface area contributed by atoms with Gasteiger partial charge in [-0.1, -0.05) is 198 Å². The van der Waals surface area contributed by atoms with E-state index in [0.29, 0.717) is 12.8 Å². The molecule has 59 heavy (non-hydrogen) atoms. The number of rotatable bonds is 46. The molecule has 0 aliphatic heterocycles. The summed E-state index contributed by atoms with van der Waals surface area (Å²) in [5.41, 5.74) is 0. The Balaban J connectivity index is 3.90. The molecular formula is C50H93O8P. The maximum Gasteiger partial charge on any atom is 0.472 e. The van der Waals surface area contributed by atoms with E-state index >= 15 is 0 Å². The van der Waals surface area contributed by atoms with Gasteiger partial charge in [0.2, 0.25) is 0 Å². The van der Waals surface area contributed by atoms with Crippen LogP contribution >= 0.6 is 7.82 Å². The second-order valence-electron chi connectivity index (χ2n) is 16.6. The van der Waals surface area contributed by atoms with Crippen molar-refractivity contribution < 1.29 is 37.6 Å². The Labute approximate surface area is 364 Å². The van der Waals surface area contributed by atoms with Gasteiger partial charge in [0.1, 0.15) is 6.61 Å². The van der Waals surface area contributed by atoms with Crippen molar-refractivity contribution in [2.24, 2.45) is 0 Å². The first-order chi connectivity index (χ1) is 28.8. The molecule has 0 fully saturated rings. The van der Waals surface area contributed by atoms with E-state index in [1.165, 1.54) is 161 Å².